The number of nitrogens with one attached hydrogen (secondary N) is 1. The minimum atomic E-state index is -0.153. The van der Waals surface area contributed by atoms with Gasteiger partial charge in [-0.2, -0.15) is 0 Å². The Morgan fingerprint density at radius 2 is 1.81 bits per heavy atom. The Bertz CT molecular complexity index is 626. The average molecular weight is 283 g/mol. The van der Waals surface area contributed by atoms with Crippen molar-refractivity contribution in [1.29, 1.82) is 0 Å². The van der Waals surface area contributed by atoms with Gasteiger partial charge in [-0.05, 0) is 18.1 Å². The molecule has 108 valence electrons. The summed E-state index contributed by atoms with van der Waals surface area (Å²) in [4.78, 5) is 12.2. The van der Waals surface area contributed by atoms with E-state index in [1.54, 1.807) is 6.07 Å². The molecule has 1 N–H and O–H groups in total. The molecule has 1 aliphatic heterocycles. The first kappa shape index (κ1) is 14.0. The first-order chi connectivity index (χ1) is 10.2. The fraction of sp³-hybridized carbons (Fsp3) is 0.278. The fourth-order valence-corrected chi connectivity index (χ4v) is 2.98. The van der Waals surface area contributed by atoms with Gasteiger partial charge in [0.2, 0.25) is 0 Å². The molecule has 1 heterocycles. The van der Waals surface area contributed by atoms with Crippen LogP contribution in [-0.2, 0) is 0 Å². The summed E-state index contributed by atoms with van der Waals surface area (Å²) in [5.74, 6) is 0.140. The van der Waals surface area contributed by atoms with E-state index in [1.165, 1.54) is 6.07 Å². The topological polar surface area (TPSA) is 29.1 Å². The van der Waals surface area contributed by atoms with Gasteiger partial charge in [-0.15, -0.1) is 0 Å². The highest BCUT2D eigenvalue weighted by Gasteiger charge is 2.28. The molecular formula is C18H18FNO. The number of carbonyl (C=O) groups excluding carboxylic acids is 1. The van der Waals surface area contributed by atoms with E-state index in [1.807, 2.05) is 42.5 Å². The number of rotatable bonds is 4. The summed E-state index contributed by atoms with van der Waals surface area (Å²) in [7, 11) is 0. The standard InChI is InChI=1S/C18H18FNO/c19-17-9-5-4-8-16(17)14-10-15(20-12-14)11-18(21)13-6-2-1-3-7-13/h1-9,14-15,20H,10-12H2. The van der Waals surface area contributed by atoms with Crippen LogP contribution in [-0.4, -0.2) is 18.4 Å². The first-order valence-corrected chi connectivity index (χ1v) is 7.30. The number of hydrogen-bond donors (Lipinski definition) is 1. The maximum absolute atomic E-state index is 13.8. The molecule has 0 saturated carbocycles. The van der Waals surface area contributed by atoms with Crippen LogP contribution in [0.15, 0.2) is 54.6 Å². The predicted octanol–water partition coefficient (Wildman–Crippen LogP) is 3.54. The molecule has 2 atom stereocenters. The third kappa shape index (κ3) is 3.19. The molecule has 1 fully saturated rings. The van der Waals surface area contributed by atoms with Gasteiger partial charge in [-0.1, -0.05) is 48.5 Å². The lowest BCUT2D eigenvalue weighted by Gasteiger charge is -2.11. The third-order valence-corrected chi connectivity index (χ3v) is 4.09. The maximum atomic E-state index is 13.8. The lowest BCUT2D eigenvalue weighted by molar-refractivity contribution is 0.0971. The monoisotopic (exact) mass is 283 g/mol. The zero-order chi connectivity index (χ0) is 14.7. The van der Waals surface area contributed by atoms with E-state index >= 15 is 0 Å². The minimum Gasteiger partial charge on any atom is -0.313 e. The SMILES string of the molecule is O=C(CC1CC(c2ccccc2F)CN1)c1ccccc1. The maximum Gasteiger partial charge on any atom is 0.164 e. The molecule has 0 radical (unpaired) electrons. The summed E-state index contributed by atoms with van der Waals surface area (Å²) >= 11 is 0. The van der Waals surface area contributed by atoms with E-state index in [2.05, 4.69) is 5.32 Å². The Kier molecular flexibility index (Phi) is 4.11. The number of halogens is 1. The van der Waals surface area contributed by atoms with Crippen molar-refractivity contribution < 1.29 is 9.18 Å². The summed E-state index contributed by atoms with van der Waals surface area (Å²) in [6, 6.07) is 16.4. The minimum absolute atomic E-state index is 0.127. The molecule has 2 aromatic rings. The highest BCUT2D eigenvalue weighted by Crippen LogP contribution is 2.29. The molecular weight excluding hydrogens is 265 g/mol. The first-order valence-electron chi connectivity index (χ1n) is 7.30. The van der Waals surface area contributed by atoms with E-state index in [-0.39, 0.29) is 23.6 Å². The molecule has 3 heteroatoms. The van der Waals surface area contributed by atoms with Crippen molar-refractivity contribution >= 4 is 5.78 Å². The number of carbonyl (C=O) groups is 1. The second-order valence-corrected chi connectivity index (χ2v) is 5.55. The Morgan fingerprint density at radius 1 is 1.10 bits per heavy atom. The third-order valence-electron chi connectivity index (χ3n) is 4.09. The molecule has 0 aromatic heterocycles. The van der Waals surface area contributed by atoms with Gasteiger partial charge in [0.15, 0.2) is 5.78 Å². The van der Waals surface area contributed by atoms with Crippen LogP contribution in [0.4, 0.5) is 4.39 Å². The summed E-state index contributed by atoms with van der Waals surface area (Å²) in [6.07, 6.45) is 1.27. The summed E-state index contributed by atoms with van der Waals surface area (Å²) in [5, 5.41) is 3.35. The van der Waals surface area contributed by atoms with Gasteiger partial charge >= 0.3 is 0 Å². The van der Waals surface area contributed by atoms with Crippen molar-refractivity contribution in [2.75, 3.05) is 6.54 Å². The van der Waals surface area contributed by atoms with E-state index in [0.717, 1.165) is 24.1 Å². The van der Waals surface area contributed by atoms with Crippen LogP contribution in [0.25, 0.3) is 0 Å². The van der Waals surface area contributed by atoms with Crippen molar-refractivity contribution in [3.63, 3.8) is 0 Å². The van der Waals surface area contributed by atoms with Gasteiger partial charge in [-0.25, -0.2) is 4.39 Å². The zero-order valence-corrected chi connectivity index (χ0v) is 11.8. The number of ketones is 1. The van der Waals surface area contributed by atoms with E-state index in [9.17, 15) is 9.18 Å². The quantitative estimate of drug-likeness (QED) is 0.870. The summed E-state index contributed by atoms with van der Waals surface area (Å²) < 4.78 is 13.8. The van der Waals surface area contributed by atoms with Crippen LogP contribution in [0.3, 0.4) is 0 Å². The van der Waals surface area contributed by atoms with Gasteiger partial charge in [0, 0.05) is 30.5 Å². The zero-order valence-electron chi connectivity index (χ0n) is 11.8. The largest absolute Gasteiger partial charge is 0.313 e. The molecule has 0 aliphatic carbocycles. The molecule has 0 bridgehead atoms. The molecule has 0 amide bonds. The van der Waals surface area contributed by atoms with Crippen molar-refractivity contribution in [1.82, 2.24) is 5.32 Å². The predicted molar refractivity (Wildman–Crippen MR) is 80.9 cm³/mol. The fourth-order valence-electron chi connectivity index (χ4n) is 2.98. The molecule has 2 aromatic carbocycles. The van der Waals surface area contributed by atoms with Crippen molar-refractivity contribution in [2.24, 2.45) is 0 Å². The second-order valence-electron chi connectivity index (χ2n) is 5.55. The molecule has 2 unspecified atom stereocenters. The van der Waals surface area contributed by atoms with Crippen molar-refractivity contribution in [3.8, 4) is 0 Å². The molecule has 21 heavy (non-hydrogen) atoms. The molecule has 3 rings (SSSR count). The van der Waals surface area contributed by atoms with Crippen molar-refractivity contribution in [3.05, 3.63) is 71.5 Å². The second kappa shape index (κ2) is 6.19. The Hall–Kier alpha value is -2.00. The molecule has 0 spiro atoms. The summed E-state index contributed by atoms with van der Waals surface area (Å²) in [5.41, 5.74) is 1.49. The Labute approximate surface area is 124 Å². The Morgan fingerprint density at radius 3 is 2.57 bits per heavy atom. The van der Waals surface area contributed by atoms with Gasteiger partial charge in [-0.3, -0.25) is 4.79 Å². The van der Waals surface area contributed by atoms with Crippen LogP contribution in [0.5, 0.6) is 0 Å². The number of benzene rings is 2. The van der Waals surface area contributed by atoms with E-state index < -0.39 is 0 Å². The van der Waals surface area contributed by atoms with Gasteiger partial charge in [0.25, 0.3) is 0 Å². The number of Topliss-reactive ketones (excluding diaryl/α,β-unsaturated/α-hetero) is 1. The normalized spacial score (nSPS) is 21.4. The molecule has 2 nitrogen and oxygen atoms in total. The van der Waals surface area contributed by atoms with Gasteiger partial charge < -0.3 is 5.32 Å². The number of hydrogen-bond acceptors (Lipinski definition) is 2. The highest BCUT2D eigenvalue weighted by atomic mass is 19.1. The van der Waals surface area contributed by atoms with Crippen LogP contribution in [0.1, 0.15) is 34.7 Å². The van der Waals surface area contributed by atoms with Crippen LogP contribution in [0.2, 0.25) is 0 Å². The van der Waals surface area contributed by atoms with Gasteiger partial charge in [0.05, 0.1) is 0 Å². The molecule has 1 saturated heterocycles. The molecule has 1 aliphatic rings. The van der Waals surface area contributed by atoms with Crippen molar-refractivity contribution in [2.45, 2.75) is 24.8 Å². The lowest BCUT2D eigenvalue weighted by atomic mass is 9.93. The summed E-state index contributed by atoms with van der Waals surface area (Å²) in [6.45, 7) is 0.730. The van der Waals surface area contributed by atoms with Crippen LogP contribution in [0, 0.1) is 5.82 Å². The van der Waals surface area contributed by atoms with E-state index in [4.69, 9.17) is 0 Å². The average Bonchev–Trinajstić information content (AvgIpc) is 2.97. The Balaban J connectivity index is 1.63. The smallest absolute Gasteiger partial charge is 0.164 e. The van der Waals surface area contributed by atoms with Gasteiger partial charge in [0.1, 0.15) is 5.82 Å². The van der Waals surface area contributed by atoms with Crippen LogP contribution >= 0.6 is 0 Å². The highest BCUT2D eigenvalue weighted by molar-refractivity contribution is 5.96. The lowest BCUT2D eigenvalue weighted by Crippen LogP contribution is -2.24. The van der Waals surface area contributed by atoms with Crippen LogP contribution < -0.4 is 5.32 Å². The van der Waals surface area contributed by atoms with E-state index in [0.29, 0.717) is 6.42 Å².